The maximum atomic E-state index is 13.5. The third-order valence-electron chi connectivity index (χ3n) is 6.88. The van der Waals surface area contributed by atoms with Gasteiger partial charge in [-0.15, -0.1) is 0 Å². The fourth-order valence-electron chi connectivity index (χ4n) is 5.09. The zero-order valence-electron chi connectivity index (χ0n) is 21.5. The molecule has 2 amide bonds. The second-order valence-corrected chi connectivity index (χ2v) is 11.2. The number of fused-ring (bicyclic) bond motifs is 1. The van der Waals surface area contributed by atoms with E-state index in [9.17, 15) is 14.8 Å². The number of hydrogen-bond acceptors (Lipinski definition) is 5. The predicted molar refractivity (Wildman–Crippen MR) is 133 cm³/mol. The highest BCUT2D eigenvalue weighted by atomic mass is 16.5. The number of nitrogens with one attached hydrogen (secondary N) is 1. The quantitative estimate of drug-likeness (QED) is 0.312. The lowest BCUT2D eigenvalue weighted by molar-refractivity contribution is -0.155. The number of nitrogens with zero attached hydrogens (tertiary/aromatic N) is 4. The first-order valence-corrected chi connectivity index (χ1v) is 12.3. The topological polar surface area (TPSA) is 90.7 Å². The third kappa shape index (κ3) is 6.36. The molecule has 2 atom stereocenters. The van der Waals surface area contributed by atoms with Crippen molar-refractivity contribution in [2.45, 2.75) is 65.5 Å². The molecular formula is C26H41N5O3. The first-order valence-electron chi connectivity index (χ1n) is 12.3. The van der Waals surface area contributed by atoms with Crippen LogP contribution in [-0.4, -0.2) is 57.7 Å². The summed E-state index contributed by atoms with van der Waals surface area (Å²) in [6, 6.07) is 5.96. The highest BCUT2D eigenvalue weighted by molar-refractivity contribution is 5.80. The molecule has 0 bridgehead atoms. The van der Waals surface area contributed by atoms with Gasteiger partial charge in [0.15, 0.2) is 0 Å². The molecule has 1 aromatic heterocycles. The van der Waals surface area contributed by atoms with Crippen LogP contribution in [0.3, 0.4) is 0 Å². The van der Waals surface area contributed by atoms with Gasteiger partial charge >= 0.3 is 0 Å². The largest absolute Gasteiger partial charge is 0.345 e. The van der Waals surface area contributed by atoms with E-state index in [-0.39, 0.29) is 23.9 Å². The summed E-state index contributed by atoms with van der Waals surface area (Å²) in [5.74, 6) is 0.640. The predicted octanol–water partition coefficient (Wildman–Crippen LogP) is 3.88. The van der Waals surface area contributed by atoms with Crippen LogP contribution in [-0.2, 0) is 23.2 Å². The Morgan fingerprint density at radius 3 is 2.56 bits per heavy atom. The first-order chi connectivity index (χ1) is 16.0. The van der Waals surface area contributed by atoms with Crippen molar-refractivity contribution in [1.29, 1.82) is 0 Å². The zero-order valence-corrected chi connectivity index (χ0v) is 21.5. The average molecular weight is 472 g/mol. The van der Waals surface area contributed by atoms with E-state index in [0.717, 1.165) is 36.2 Å². The molecule has 3 rings (SSSR count). The van der Waals surface area contributed by atoms with E-state index in [1.54, 1.807) is 0 Å². The van der Waals surface area contributed by atoms with E-state index >= 15 is 0 Å². The number of hydrogen-bond donors (Lipinski definition) is 2. The van der Waals surface area contributed by atoms with E-state index < -0.39 is 5.92 Å². The molecule has 188 valence electrons. The molecule has 0 radical (unpaired) electrons. The normalized spacial score (nSPS) is 16.7. The Labute approximate surface area is 203 Å². The van der Waals surface area contributed by atoms with Crippen molar-refractivity contribution in [3.8, 4) is 0 Å². The second kappa shape index (κ2) is 10.9. The summed E-state index contributed by atoms with van der Waals surface area (Å²) in [5.41, 5.74) is 2.84. The summed E-state index contributed by atoms with van der Waals surface area (Å²) in [5, 5.41) is 13.7. The molecule has 34 heavy (non-hydrogen) atoms. The number of benzene rings is 1. The Bertz CT molecular complexity index is 988. The number of aryl methyl sites for hydroxylation is 1. The van der Waals surface area contributed by atoms with Gasteiger partial charge in [-0.25, -0.2) is 10.0 Å². The van der Waals surface area contributed by atoms with Gasteiger partial charge in [-0.2, -0.15) is 0 Å². The molecule has 0 unspecified atom stereocenters. The van der Waals surface area contributed by atoms with Crippen LogP contribution < -0.4 is 5.32 Å². The molecule has 0 saturated heterocycles. The Hall–Kier alpha value is -2.45. The minimum Gasteiger partial charge on any atom is -0.345 e. The van der Waals surface area contributed by atoms with E-state index in [1.807, 2.05) is 27.2 Å². The Kier molecular flexibility index (Phi) is 8.36. The number of carbonyl (C=O) groups excluding carboxylic acids is 2. The standard InChI is InChI=1S/C26H41N5O3/c1-26(2,3)23(24-27-21-12-11-19(15-29(4)5)14-22(21)30(24)6)28-25(33)20(16-31(34)17-32)13-18-9-7-8-10-18/h11-12,14,17-18,20,23,34H,7-10,13,15-16H2,1-6H3,(H,28,33)/t20-,23-/m1/s1. The van der Waals surface area contributed by atoms with Gasteiger partial charge in [0.1, 0.15) is 5.82 Å². The molecule has 1 aliphatic carbocycles. The average Bonchev–Trinajstić information content (AvgIpc) is 3.38. The molecule has 2 aromatic rings. The van der Waals surface area contributed by atoms with Crippen LogP contribution in [0.25, 0.3) is 11.0 Å². The minimum atomic E-state index is -0.468. The summed E-state index contributed by atoms with van der Waals surface area (Å²) in [4.78, 5) is 31.6. The SMILES string of the molecule is CN(C)Cc1ccc2nc([C@@H](NC(=O)[C@H](CC3CCCC3)CN(O)C=O)C(C)(C)C)n(C)c2c1. The van der Waals surface area contributed by atoms with Gasteiger partial charge in [0.2, 0.25) is 12.3 Å². The Morgan fingerprint density at radius 2 is 1.97 bits per heavy atom. The lowest BCUT2D eigenvalue weighted by atomic mass is 9.85. The lowest BCUT2D eigenvalue weighted by Gasteiger charge is -2.33. The number of amides is 2. The fraction of sp³-hybridized carbons (Fsp3) is 0.654. The van der Waals surface area contributed by atoms with Crippen LogP contribution in [0, 0.1) is 17.3 Å². The van der Waals surface area contributed by atoms with Gasteiger partial charge in [0.25, 0.3) is 0 Å². The van der Waals surface area contributed by atoms with Crippen LogP contribution in [0.15, 0.2) is 18.2 Å². The van der Waals surface area contributed by atoms with Crippen LogP contribution in [0.4, 0.5) is 0 Å². The van der Waals surface area contributed by atoms with Crippen LogP contribution in [0.2, 0.25) is 0 Å². The molecule has 8 nitrogen and oxygen atoms in total. The van der Waals surface area contributed by atoms with Crippen molar-refractivity contribution >= 4 is 23.4 Å². The molecule has 1 aliphatic rings. The smallest absolute Gasteiger partial charge is 0.233 e. The number of carbonyl (C=O) groups is 2. The second-order valence-electron chi connectivity index (χ2n) is 11.2. The number of hydroxylamine groups is 2. The number of rotatable bonds is 10. The van der Waals surface area contributed by atoms with Gasteiger partial charge in [-0.05, 0) is 49.5 Å². The number of aromatic nitrogens is 2. The van der Waals surface area contributed by atoms with Crippen molar-refractivity contribution in [2.24, 2.45) is 24.3 Å². The van der Waals surface area contributed by atoms with Crippen molar-refractivity contribution in [1.82, 2.24) is 24.8 Å². The summed E-state index contributed by atoms with van der Waals surface area (Å²) >= 11 is 0. The number of imidazole rings is 1. The maximum absolute atomic E-state index is 13.5. The van der Waals surface area contributed by atoms with Crippen LogP contribution in [0.1, 0.15) is 70.3 Å². The summed E-state index contributed by atoms with van der Waals surface area (Å²) < 4.78 is 2.07. The van der Waals surface area contributed by atoms with Crippen molar-refractivity contribution in [2.75, 3.05) is 20.6 Å². The highest BCUT2D eigenvalue weighted by Crippen LogP contribution is 2.35. The Balaban J connectivity index is 1.90. The van der Waals surface area contributed by atoms with Gasteiger partial charge in [-0.3, -0.25) is 14.8 Å². The molecule has 8 heteroatoms. The van der Waals surface area contributed by atoms with Gasteiger partial charge < -0.3 is 14.8 Å². The summed E-state index contributed by atoms with van der Waals surface area (Å²) in [7, 11) is 6.08. The van der Waals surface area contributed by atoms with Crippen LogP contribution in [0.5, 0.6) is 0 Å². The molecular weight excluding hydrogens is 430 g/mol. The van der Waals surface area contributed by atoms with E-state index in [2.05, 4.69) is 47.7 Å². The van der Waals surface area contributed by atoms with Gasteiger partial charge in [-0.1, -0.05) is 52.5 Å². The van der Waals surface area contributed by atoms with Gasteiger partial charge in [0.05, 0.1) is 29.5 Å². The third-order valence-corrected chi connectivity index (χ3v) is 6.88. The lowest BCUT2D eigenvalue weighted by Crippen LogP contribution is -2.44. The van der Waals surface area contributed by atoms with Crippen LogP contribution >= 0.6 is 0 Å². The summed E-state index contributed by atoms with van der Waals surface area (Å²) in [6.45, 7) is 7.10. The summed E-state index contributed by atoms with van der Waals surface area (Å²) in [6.07, 6.45) is 5.58. The molecule has 0 spiro atoms. The van der Waals surface area contributed by atoms with Crippen molar-refractivity contribution < 1.29 is 14.8 Å². The first kappa shape index (κ1) is 26.2. The molecule has 1 fully saturated rings. The molecule has 1 saturated carbocycles. The van der Waals surface area contributed by atoms with Crippen molar-refractivity contribution in [3.05, 3.63) is 29.6 Å². The molecule has 1 heterocycles. The maximum Gasteiger partial charge on any atom is 0.233 e. The fourth-order valence-corrected chi connectivity index (χ4v) is 5.09. The van der Waals surface area contributed by atoms with Crippen molar-refractivity contribution in [3.63, 3.8) is 0 Å². The monoisotopic (exact) mass is 471 g/mol. The molecule has 0 aliphatic heterocycles. The van der Waals surface area contributed by atoms with E-state index in [4.69, 9.17) is 4.98 Å². The van der Waals surface area contributed by atoms with E-state index in [0.29, 0.717) is 23.8 Å². The zero-order chi connectivity index (χ0) is 25.0. The Morgan fingerprint density at radius 1 is 1.29 bits per heavy atom. The van der Waals surface area contributed by atoms with E-state index in [1.165, 1.54) is 18.4 Å². The van der Waals surface area contributed by atoms with Gasteiger partial charge in [0, 0.05) is 13.6 Å². The highest BCUT2D eigenvalue weighted by Gasteiger charge is 2.35. The minimum absolute atomic E-state index is 0.000860. The molecule has 1 aromatic carbocycles. The molecule has 2 N–H and O–H groups in total.